The summed E-state index contributed by atoms with van der Waals surface area (Å²) in [6, 6.07) is 43.7. The van der Waals surface area contributed by atoms with Crippen molar-refractivity contribution in [3.8, 4) is 5.69 Å². The summed E-state index contributed by atoms with van der Waals surface area (Å²) < 4.78 is 2.53. The van der Waals surface area contributed by atoms with E-state index < -0.39 is 0 Å². The number of nitrogens with zero attached hydrogens (tertiary/aromatic N) is 2. The maximum Gasteiger partial charge on any atom is 0.246 e. The Morgan fingerprint density at radius 2 is 1.17 bits per heavy atom. The molecule has 6 aromatic carbocycles. The van der Waals surface area contributed by atoms with Crippen molar-refractivity contribution < 1.29 is 0 Å². The highest BCUT2D eigenvalue weighted by Crippen LogP contribution is 2.52. The average molecular weight is 593 g/mol. The van der Waals surface area contributed by atoms with Crippen LogP contribution in [0.2, 0.25) is 0 Å². The largest absolute Gasteiger partial charge is 0.311 e. The van der Waals surface area contributed by atoms with Gasteiger partial charge in [0.25, 0.3) is 0 Å². The number of hydrogen-bond donors (Lipinski definition) is 0. The molecule has 3 heterocycles. The molecule has 1 aromatic heterocycles. The lowest BCUT2D eigenvalue weighted by Gasteiger charge is -2.47. The van der Waals surface area contributed by atoms with Crippen LogP contribution in [-0.4, -0.2) is 11.3 Å². The molecule has 2 aliphatic heterocycles. The average Bonchev–Trinajstić information content (AvgIpc) is 3.37. The number of rotatable bonds is 2. The molecule has 0 aliphatic carbocycles. The van der Waals surface area contributed by atoms with E-state index in [0.717, 1.165) is 0 Å². The third kappa shape index (κ3) is 3.60. The van der Waals surface area contributed by atoms with E-state index in [1.54, 1.807) is 0 Å². The molecule has 9 rings (SSSR count). The first-order valence-electron chi connectivity index (χ1n) is 16.5. The van der Waals surface area contributed by atoms with Gasteiger partial charge in [0.15, 0.2) is 0 Å². The van der Waals surface area contributed by atoms with E-state index in [2.05, 4.69) is 166 Å². The summed E-state index contributed by atoms with van der Waals surface area (Å²) in [7, 11) is 0. The van der Waals surface area contributed by atoms with Crippen LogP contribution in [0, 0.1) is 27.7 Å². The Hall–Kier alpha value is -5.02. The Morgan fingerprint density at radius 3 is 1.87 bits per heavy atom. The third-order valence-electron chi connectivity index (χ3n) is 10.7. The maximum absolute atomic E-state index is 2.57. The molecule has 0 unspecified atom stereocenters. The fourth-order valence-electron chi connectivity index (χ4n) is 8.84. The quantitative estimate of drug-likeness (QED) is 0.182. The van der Waals surface area contributed by atoms with Crippen LogP contribution < -0.4 is 21.3 Å². The molecule has 0 spiro atoms. The van der Waals surface area contributed by atoms with Crippen LogP contribution in [0.25, 0.3) is 27.5 Å². The van der Waals surface area contributed by atoms with Crippen molar-refractivity contribution in [1.82, 2.24) is 4.57 Å². The van der Waals surface area contributed by atoms with E-state index in [-0.39, 0.29) is 12.1 Å². The normalized spacial score (nSPS) is 14.4. The van der Waals surface area contributed by atoms with Crippen molar-refractivity contribution in [2.75, 3.05) is 4.90 Å². The summed E-state index contributed by atoms with van der Waals surface area (Å²) in [4.78, 5) is 2.57. The lowest BCUT2D eigenvalue weighted by molar-refractivity contribution is 0.632. The van der Waals surface area contributed by atoms with Crippen molar-refractivity contribution in [2.45, 2.75) is 47.0 Å². The molecule has 0 atom stereocenters. The molecule has 0 N–H and O–H groups in total. The molecule has 0 amide bonds. The van der Waals surface area contributed by atoms with Crippen molar-refractivity contribution in [2.24, 2.45) is 0 Å². The summed E-state index contributed by atoms with van der Waals surface area (Å²) >= 11 is 0. The van der Waals surface area contributed by atoms with Gasteiger partial charge in [-0.25, -0.2) is 0 Å². The summed E-state index contributed by atoms with van der Waals surface area (Å²) in [5.74, 6) is 0. The lowest BCUT2D eigenvalue weighted by atomic mass is 9.34. The summed E-state index contributed by atoms with van der Waals surface area (Å²) in [5, 5.41) is 2.66. The zero-order chi connectivity index (χ0) is 31.5. The standard InChI is InChI=1S/C43H37BN2/c1-26-21-28(3)40-32(23-26)33-24-27(2)22-29(4)41(33)45(40)31-19-20-36-39(25-31)46-38-18-11-10-15-34(38)43(5,6)35-16-12-17-37(42(35)46)44(36)30-13-8-7-9-14-30/h7-25H,1-6H3. The van der Waals surface area contributed by atoms with Crippen LogP contribution in [-0.2, 0) is 5.41 Å². The minimum absolute atomic E-state index is 0.119. The van der Waals surface area contributed by atoms with Gasteiger partial charge in [-0.3, -0.25) is 0 Å². The van der Waals surface area contributed by atoms with E-state index in [4.69, 9.17) is 0 Å². The molecular formula is C43H37BN2. The second-order valence-corrected chi connectivity index (χ2v) is 14.1. The number of aryl methyl sites for hydroxylation is 4. The molecule has 3 heteroatoms. The molecule has 2 aliphatic rings. The Bertz CT molecular complexity index is 2330. The van der Waals surface area contributed by atoms with Gasteiger partial charge in [0.2, 0.25) is 6.71 Å². The number of anilines is 3. The predicted molar refractivity (Wildman–Crippen MR) is 198 cm³/mol. The Morgan fingerprint density at radius 1 is 0.543 bits per heavy atom. The van der Waals surface area contributed by atoms with E-state index in [1.807, 2.05) is 0 Å². The second kappa shape index (κ2) is 9.50. The first kappa shape index (κ1) is 27.3. The zero-order valence-electron chi connectivity index (χ0n) is 27.4. The Balaban J connectivity index is 1.41. The van der Waals surface area contributed by atoms with Crippen molar-refractivity contribution >= 4 is 62.0 Å². The van der Waals surface area contributed by atoms with Crippen LogP contribution in [0.4, 0.5) is 17.1 Å². The van der Waals surface area contributed by atoms with Crippen molar-refractivity contribution in [3.63, 3.8) is 0 Å². The number of fused-ring (bicyclic) bond motifs is 7. The monoisotopic (exact) mass is 592 g/mol. The highest BCUT2D eigenvalue weighted by molar-refractivity contribution is 6.98. The van der Waals surface area contributed by atoms with E-state index >= 15 is 0 Å². The van der Waals surface area contributed by atoms with Gasteiger partial charge in [0.1, 0.15) is 0 Å². The molecule has 0 bridgehead atoms. The van der Waals surface area contributed by atoms with Gasteiger partial charge in [-0.1, -0.05) is 115 Å². The number of hydrogen-bond acceptors (Lipinski definition) is 1. The van der Waals surface area contributed by atoms with Crippen molar-refractivity contribution in [1.29, 1.82) is 0 Å². The molecular weight excluding hydrogens is 555 g/mol. The molecule has 0 radical (unpaired) electrons. The van der Waals surface area contributed by atoms with Crippen LogP contribution in [0.1, 0.15) is 47.2 Å². The minimum Gasteiger partial charge on any atom is -0.311 e. The van der Waals surface area contributed by atoms with Crippen LogP contribution in [0.15, 0.2) is 115 Å². The van der Waals surface area contributed by atoms with Gasteiger partial charge in [-0.15, -0.1) is 0 Å². The summed E-state index contributed by atoms with van der Waals surface area (Å²) in [6.07, 6.45) is 0. The highest BCUT2D eigenvalue weighted by atomic mass is 15.2. The molecule has 46 heavy (non-hydrogen) atoms. The van der Waals surface area contributed by atoms with Gasteiger partial charge < -0.3 is 9.47 Å². The zero-order valence-corrected chi connectivity index (χ0v) is 27.4. The van der Waals surface area contributed by atoms with Crippen molar-refractivity contribution in [3.05, 3.63) is 149 Å². The van der Waals surface area contributed by atoms with Gasteiger partial charge in [0.05, 0.1) is 16.7 Å². The Kier molecular flexibility index (Phi) is 5.64. The van der Waals surface area contributed by atoms with Crippen LogP contribution >= 0.6 is 0 Å². The first-order valence-corrected chi connectivity index (χ1v) is 16.5. The van der Waals surface area contributed by atoms with E-state index in [1.165, 1.54) is 94.3 Å². The molecule has 0 saturated heterocycles. The molecule has 222 valence electrons. The maximum atomic E-state index is 2.57. The fourth-order valence-corrected chi connectivity index (χ4v) is 8.84. The molecule has 0 fully saturated rings. The number of aromatic nitrogens is 1. The van der Waals surface area contributed by atoms with E-state index in [0.29, 0.717) is 0 Å². The second-order valence-electron chi connectivity index (χ2n) is 14.1. The summed E-state index contributed by atoms with van der Waals surface area (Å²) in [6.45, 7) is 13.9. The smallest absolute Gasteiger partial charge is 0.246 e. The number of benzene rings is 6. The van der Waals surface area contributed by atoms with Crippen LogP contribution in [0.3, 0.4) is 0 Å². The third-order valence-corrected chi connectivity index (χ3v) is 10.7. The van der Waals surface area contributed by atoms with Gasteiger partial charge >= 0.3 is 0 Å². The van der Waals surface area contributed by atoms with Gasteiger partial charge in [-0.2, -0.15) is 0 Å². The van der Waals surface area contributed by atoms with Gasteiger partial charge in [0, 0.05) is 33.2 Å². The topological polar surface area (TPSA) is 8.17 Å². The summed E-state index contributed by atoms with van der Waals surface area (Å²) in [5.41, 5.74) is 19.6. The van der Waals surface area contributed by atoms with Gasteiger partial charge in [-0.05, 0) is 91.2 Å². The predicted octanol–water partition coefficient (Wildman–Crippen LogP) is 8.96. The lowest BCUT2D eigenvalue weighted by Crippen LogP contribution is -2.58. The number of para-hydroxylation sites is 2. The Labute approximate surface area is 272 Å². The minimum atomic E-state index is -0.119. The molecule has 7 aromatic rings. The van der Waals surface area contributed by atoms with E-state index in [9.17, 15) is 0 Å². The highest BCUT2D eigenvalue weighted by Gasteiger charge is 2.44. The van der Waals surface area contributed by atoms with Crippen LogP contribution in [0.5, 0.6) is 0 Å². The SMILES string of the molecule is Cc1cc(C)c2c(c1)c1cc(C)cc(C)c1n2-c1ccc2c(c1)N1c3ccccc3C(C)(C)c3cccc(c31)B2c1ccccc1. The first-order chi connectivity index (χ1) is 22.2. The molecule has 2 nitrogen and oxygen atoms in total. The fraction of sp³-hybridized carbons (Fsp3) is 0.163. The molecule has 0 saturated carbocycles.